The smallest absolute Gasteiger partial charge is 0.118 e. The number of rotatable bonds is 6. The maximum absolute atomic E-state index is 5.78. The van der Waals surface area contributed by atoms with E-state index in [0.29, 0.717) is 0 Å². The Morgan fingerprint density at radius 3 is 2.83 bits per heavy atom. The van der Waals surface area contributed by atoms with Crippen LogP contribution in [0, 0.1) is 6.92 Å². The van der Waals surface area contributed by atoms with E-state index in [9.17, 15) is 0 Å². The molecular weight excluding hydrogens is 228 g/mol. The van der Waals surface area contributed by atoms with E-state index in [2.05, 4.69) is 30.1 Å². The first-order valence-electron chi connectivity index (χ1n) is 6.88. The van der Waals surface area contributed by atoms with Crippen molar-refractivity contribution < 1.29 is 9.15 Å². The van der Waals surface area contributed by atoms with Crippen LogP contribution >= 0.6 is 0 Å². The Kier molecular flexibility index (Phi) is 5.23. The molecule has 0 aliphatic carbocycles. The molecule has 1 aromatic heterocycles. The Labute approximate surface area is 109 Å². The Bertz CT molecular complexity index is 357. The standard InChI is InChI=1S/C14H24N2O2/c1-3-4-15-10-14-9-13(12(2)18-14)11-16-5-7-17-8-6-16/h9,15H,3-8,10-11H2,1-2H3. The van der Waals surface area contributed by atoms with Crippen LogP contribution in [0.1, 0.15) is 30.4 Å². The number of hydrogen-bond acceptors (Lipinski definition) is 4. The predicted molar refractivity (Wildman–Crippen MR) is 71.5 cm³/mol. The Morgan fingerprint density at radius 2 is 2.11 bits per heavy atom. The van der Waals surface area contributed by atoms with E-state index in [1.807, 2.05) is 0 Å². The summed E-state index contributed by atoms with van der Waals surface area (Å²) >= 11 is 0. The number of morpholine rings is 1. The van der Waals surface area contributed by atoms with Gasteiger partial charge in [0, 0.05) is 25.2 Å². The maximum Gasteiger partial charge on any atom is 0.118 e. The molecule has 1 fully saturated rings. The van der Waals surface area contributed by atoms with Gasteiger partial charge in [-0.3, -0.25) is 4.90 Å². The number of furan rings is 1. The number of ether oxygens (including phenoxy) is 1. The van der Waals surface area contributed by atoms with Gasteiger partial charge in [0.25, 0.3) is 0 Å². The van der Waals surface area contributed by atoms with Crippen LogP contribution in [0.15, 0.2) is 10.5 Å². The largest absolute Gasteiger partial charge is 0.465 e. The zero-order valence-corrected chi connectivity index (χ0v) is 11.5. The van der Waals surface area contributed by atoms with Gasteiger partial charge in [0.1, 0.15) is 11.5 Å². The lowest BCUT2D eigenvalue weighted by atomic mass is 10.2. The SMILES string of the molecule is CCCNCc1cc(CN2CCOCC2)c(C)o1. The van der Waals surface area contributed by atoms with Gasteiger partial charge in [-0.05, 0) is 26.0 Å². The van der Waals surface area contributed by atoms with Crippen LogP contribution < -0.4 is 5.32 Å². The summed E-state index contributed by atoms with van der Waals surface area (Å²) in [5.74, 6) is 2.10. The van der Waals surface area contributed by atoms with Crippen molar-refractivity contribution >= 4 is 0 Å². The lowest BCUT2D eigenvalue weighted by molar-refractivity contribution is 0.0340. The molecule has 0 spiro atoms. The van der Waals surface area contributed by atoms with Crippen LogP contribution in [0.3, 0.4) is 0 Å². The lowest BCUT2D eigenvalue weighted by Crippen LogP contribution is -2.35. The van der Waals surface area contributed by atoms with E-state index in [0.717, 1.165) is 63.9 Å². The molecule has 18 heavy (non-hydrogen) atoms. The monoisotopic (exact) mass is 252 g/mol. The zero-order chi connectivity index (χ0) is 12.8. The summed E-state index contributed by atoms with van der Waals surface area (Å²) in [7, 11) is 0. The second-order valence-corrected chi connectivity index (χ2v) is 4.86. The molecule has 2 rings (SSSR count). The van der Waals surface area contributed by atoms with E-state index in [1.54, 1.807) is 0 Å². The van der Waals surface area contributed by atoms with Crippen molar-refractivity contribution in [3.8, 4) is 0 Å². The van der Waals surface area contributed by atoms with Crippen molar-refractivity contribution in [2.24, 2.45) is 0 Å². The van der Waals surface area contributed by atoms with Gasteiger partial charge in [-0.15, -0.1) is 0 Å². The van der Waals surface area contributed by atoms with E-state index < -0.39 is 0 Å². The molecule has 0 atom stereocenters. The molecule has 102 valence electrons. The Hall–Kier alpha value is -0.840. The highest BCUT2D eigenvalue weighted by Gasteiger charge is 2.14. The highest BCUT2D eigenvalue weighted by molar-refractivity contribution is 5.20. The molecule has 0 aromatic carbocycles. The number of hydrogen-bond donors (Lipinski definition) is 1. The summed E-state index contributed by atoms with van der Waals surface area (Å²) in [6.45, 7) is 10.8. The van der Waals surface area contributed by atoms with Gasteiger partial charge in [0.15, 0.2) is 0 Å². The highest BCUT2D eigenvalue weighted by Crippen LogP contribution is 2.17. The quantitative estimate of drug-likeness (QED) is 0.785. The van der Waals surface area contributed by atoms with Crippen LogP contribution in [0.4, 0.5) is 0 Å². The van der Waals surface area contributed by atoms with Crippen LogP contribution in [0.2, 0.25) is 0 Å². The zero-order valence-electron chi connectivity index (χ0n) is 11.5. The molecule has 0 radical (unpaired) electrons. The van der Waals surface area contributed by atoms with Gasteiger partial charge >= 0.3 is 0 Å². The molecule has 1 aliphatic heterocycles. The summed E-state index contributed by atoms with van der Waals surface area (Å²) in [6, 6.07) is 2.19. The van der Waals surface area contributed by atoms with Crippen molar-refractivity contribution in [1.82, 2.24) is 10.2 Å². The number of aryl methyl sites for hydroxylation is 1. The summed E-state index contributed by atoms with van der Waals surface area (Å²) in [5, 5.41) is 3.37. The minimum Gasteiger partial charge on any atom is -0.465 e. The minimum absolute atomic E-state index is 0.831. The van der Waals surface area contributed by atoms with Crippen molar-refractivity contribution in [2.75, 3.05) is 32.8 Å². The molecule has 1 aromatic rings. The van der Waals surface area contributed by atoms with Crippen LogP contribution in [-0.4, -0.2) is 37.7 Å². The summed E-state index contributed by atoms with van der Waals surface area (Å²) < 4.78 is 11.1. The normalized spacial score (nSPS) is 17.2. The van der Waals surface area contributed by atoms with E-state index >= 15 is 0 Å². The molecule has 1 aliphatic rings. The van der Waals surface area contributed by atoms with Gasteiger partial charge in [0.05, 0.1) is 19.8 Å². The molecule has 4 nitrogen and oxygen atoms in total. The number of nitrogens with one attached hydrogen (secondary N) is 1. The molecule has 0 amide bonds. The van der Waals surface area contributed by atoms with Crippen LogP contribution in [0.25, 0.3) is 0 Å². The molecule has 0 bridgehead atoms. The summed E-state index contributed by atoms with van der Waals surface area (Å²) in [4.78, 5) is 2.42. The van der Waals surface area contributed by atoms with Crippen LogP contribution in [-0.2, 0) is 17.8 Å². The third kappa shape index (κ3) is 3.83. The first-order valence-corrected chi connectivity index (χ1v) is 6.88. The van der Waals surface area contributed by atoms with Gasteiger partial charge in [-0.1, -0.05) is 6.92 Å². The molecule has 0 saturated carbocycles. The fourth-order valence-electron chi connectivity index (χ4n) is 2.22. The molecule has 1 saturated heterocycles. The van der Waals surface area contributed by atoms with Crippen LogP contribution in [0.5, 0.6) is 0 Å². The first-order chi connectivity index (χ1) is 8.79. The van der Waals surface area contributed by atoms with Crippen molar-refractivity contribution in [3.05, 3.63) is 23.2 Å². The summed E-state index contributed by atoms with van der Waals surface area (Å²) in [5.41, 5.74) is 1.31. The summed E-state index contributed by atoms with van der Waals surface area (Å²) in [6.07, 6.45) is 1.15. The van der Waals surface area contributed by atoms with Gasteiger partial charge in [-0.25, -0.2) is 0 Å². The van der Waals surface area contributed by atoms with Crippen molar-refractivity contribution in [2.45, 2.75) is 33.4 Å². The van der Waals surface area contributed by atoms with Crippen molar-refractivity contribution in [1.29, 1.82) is 0 Å². The van der Waals surface area contributed by atoms with E-state index in [1.165, 1.54) is 5.56 Å². The molecule has 4 heteroatoms. The second kappa shape index (κ2) is 6.92. The van der Waals surface area contributed by atoms with Gasteiger partial charge in [0.2, 0.25) is 0 Å². The van der Waals surface area contributed by atoms with Gasteiger partial charge in [-0.2, -0.15) is 0 Å². The molecular formula is C14H24N2O2. The fraction of sp³-hybridized carbons (Fsp3) is 0.714. The number of nitrogens with zero attached hydrogens (tertiary/aromatic N) is 1. The van der Waals surface area contributed by atoms with E-state index in [4.69, 9.17) is 9.15 Å². The average molecular weight is 252 g/mol. The Balaban J connectivity index is 1.87. The predicted octanol–water partition coefficient (Wildman–Crippen LogP) is 1.92. The molecule has 2 heterocycles. The van der Waals surface area contributed by atoms with E-state index in [-0.39, 0.29) is 0 Å². The third-order valence-electron chi connectivity index (χ3n) is 3.30. The third-order valence-corrected chi connectivity index (χ3v) is 3.30. The molecule has 1 N–H and O–H groups in total. The highest BCUT2D eigenvalue weighted by atomic mass is 16.5. The first kappa shape index (κ1) is 13.6. The molecule has 0 unspecified atom stereocenters. The average Bonchev–Trinajstić information content (AvgIpc) is 2.72. The topological polar surface area (TPSA) is 37.6 Å². The lowest BCUT2D eigenvalue weighted by Gasteiger charge is -2.26. The Morgan fingerprint density at radius 1 is 1.33 bits per heavy atom. The fourth-order valence-corrected chi connectivity index (χ4v) is 2.22. The van der Waals surface area contributed by atoms with Crippen molar-refractivity contribution in [3.63, 3.8) is 0 Å². The van der Waals surface area contributed by atoms with Gasteiger partial charge < -0.3 is 14.5 Å². The second-order valence-electron chi connectivity index (χ2n) is 4.86. The maximum atomic E-state index is 5.78. The minimum atomic E-state index is 0.831.